The summed E-state index contributed by atoms with van der Waals surface area (Å²) >= 11 is 0. The number of rotatable bonds is 6. The van der Waals surface area contributed by atoms with Crippen LogP contribution in [0.2, 0.25) is 0 Å². The fourth-order valence-corrected chi connectivity index (χ4v) is 2.66. The Bertz CT molecular complexity index is 997. The number of carbonyl (C=O) groups is 2. The third-order valence-electron chi connectivity index (χ3n) is 4.04. The smallest absolute Gasteiger partial charge is 0.338 e. The van der Waals surface area contributed by atoms with Crippen LogP contribution in [-0.4, -0.2) is 23.5 Å². The summed E-state index contributed by atoms with van der Waals surface area (Å²) < 4.78 is 10.9. The van der Waals surface area contributed by atoms with Gasteiger partial charge in [0.1, 0.15) is 18.1 Å². The molecule has 0 fully saturated rings. The Morgan fingerprint density at radius 1 is 1.07 bits per heavy atom. The van der Waals surface area contributed by atoms with Crippen molar-refractivity contribution in [1.82, 2.24) is 4.98 Å². The summed E-state index contributed by atoms with van der Waals surface area (Å²) in [6.45, 7) is 4.32. The number of nitrogens with zero attached hydrogens (tertiary/aromatic N) is 1. The minimum atomic E-state index is -0.609. The van der Waals surface area contributed by atoms with E-state index in [1.807, 2.05) is 25.1 Å². The van der Waals surface area contributed by atoms with Crippen molar-refractivity contribution in [2.24, 2.45) is 5.73 Å². The zero-order valence-electron chi connectivity index (χ0n) is 15.2. The Hall–Kier alpha value is -3.41. The number of ether oxygens (including phenoxy) is 2. The van der Waals surface area contributed by atoms with Crippen LogP contribution in [0.25, 0.3) is 10.9 Å². The molecule has 0 spiro atoms. The summed E-state index contributed by atoms with van der Waals surface area (Å²) in [7, 11) is 0. The SMILES string of the molecule is CCOC(=O)c1ccc(COc2cc(C(N)=O)nc3cc(C)ccc23)cc1. The van der Waals surface area contributed by atoms with Gasteiger partial charge in [-0.1, -0.05) is 18.2 Å². The van der Waals surface area contributed by atoms with E-state index in [4.69, 9.17) is 15.2 Å². The summed E-state index contributed by atoms with van der Waals surface area (Å²) in [4.78, 5) is 27.6. The van der Waals surface area contributed by atoms with Crippen molar-refractivity contribution in [3.05, 3.63) is 70.9 Å². The average molecular weight is 364 g/mol. The predicted octanol–water partition coefficient (Wildman–Crippen LogP) is 3.40. The largest absolute Gasteiger partial charge is 0.488 e. The lowest BCUT2D eigenvalue weighted by molar-refractivity contribution is 0.0526. The van der Waals surface area contributed by atoms with E-state index in [1.54, 1.807) is 37.3 Å². The molecule has 0 unspecified atom stereocenters. The monoisotopic (exact) mass is 364 g/mol. The molecule has 6 nitrogen and oxygen atoms in total. The first-order chi connectivity index (χ1) is 13.0. The van der Waals surface area contributed by atoms with Crippen molar-refractivity contribution >= 4 is 22.8 Å². The Morgan fingerprint density at radius 2 is 1.81 bits per heavy atom. The fourth-order valence-electron chi connectivity index (χ4n) is 2.66. The topological polar surface area (TPSA) is 91.5 Å². The van der Waals surface area contributed by atoms with Gasteiger partial charge in [0.2, 0.25) is 0 Å². The lowest BCUT2D eigenvalue weighted by atomic mass is 10.1. The molecule has 0 aliphatic heterocycles. The molecule has 27 heavy (non-hydrogen) atoms. The zero-order valence-corrected chi connectivity index (χ0v) is 15.2. The van der Waals surface area contributed by atoms with E-state index >= 15 is 0 Å². The van der Waals surface area contributed by atoms with Gasteiger partial charge in [0.05, 0.1) is 17.7 Å². The predicted molar refractivity (Wildman–Crippen MR) is 102 cm³/mol. The molecule has 0 aliphatic rings. The number of hydrogen-bond acceptors (Lipinski definition) is 5. The number of esters is 1. The summed E-state index contributed by atoms with van der Waals surface area (Å²) in [6.07, 6.45) is 0. The summed E-state index contributed by atoms with van der Waals surface area (Å²) in [5.41, 5.74) is 8.58. The first-order valence-corrected chi connectivity index (χ1v) is 8.58. The maximum atomic E-state index is 11.7. The molecule has 138 valence electrons. The third kappa shape index (κ3) is 4.23. The zero-order chi connectivity index (χ0) is 19.4. The van der Waals surface area contributed by atoms with Gasteiger partial charge in [-0.3, -0.25) is 4.79 Å². The maximum absolute atomic E-state index is 11.7. The molecule has 0 aliphatic carbocycles. The molecule has 0 saturated heterocycles. The molecular formula is C21H20N2O4. The second-order valence-corrected chi connectivity index (χ2v) is 6.10. The Balaban J connectivity index is 1.84. The van der Waals surface area contributed by atoms with Crippen molar-refractivity contribution < 1.29 is 19.1 Å². The van der Waals surface area contributed by atoms with Crippen LogP contribution >= 0.6 is 0 Å². The first kappa shape index (κ1) is 18.4. The van der Waals surface area contributed by atoms with Crippen molar-refractivity contribution in [1.29, 1.82) is 0 Å². The van der Waals surface area contributed by atoms with E-state index in [-0.39, 0.29) is 18.3 Å². The Labute approximate surface area is 156 Å². The number of benzene rings is 2. The highest BCUT2D eigenvalue weighted by atomic mass is 16.5. The number of primary amides is 1. The highest BCUT2D eigenvalue weighted by Crippen LogP contribution is 2.27. The second-order valence-electron chi connectivity index (χ2n) is 6.10. The third-order valence-corrected chi connectivity index (χ3v) is 4.04. The van der Waals surface area contributed by atoms with Crippen molar-refractivity contribution in [3.63, 3.8) is 0 Å². The molecule has 3 aromatic rings. The highest BCUT2D eigenvalue weighted by molar-refractivity contribution is 5.96. The first-order valence-electron chi connectivity index (χ1n) is 8.58. The number of aromatic nitrogens is 1. The van der Waals surface area contributed by atoms with Crippen LogP contribution in [-0.2, 0) is 11.3 Å². The molecule has 2 N–H and O–H groups in total. The van der Waals surface area contributed by atoms with Gasteiger partial charge >= 0.3 is 5.97 Å². The molecule has 3 rings (SSSR count). The average Bonchev–Trinajstić information content (AvgIpc) is 2.66. The molecule has 0 bridgehead atoms. The molecule has 0 saturated carbocycles. The minimum absolute atomic E-state index is 0.153. The summed E-state index contributed by atoms with van der Waals surface area (Å²) in [5.74, 6) is -0.433. The molecule has 1 aromatic heterocycles. The normalized spacial score (nSPS) is 10.6. The second kappa shape index (κ2) is 7.86. The van der Waals surface area contributed by atoms with Crippen LogP contribution in [0.4, 0.5) is 0 Å². The number of hydrogen-bond donors (Lipinski definition) is 1. The number of fused-ring (bicyclic) bond motifs is 1. The molecule has 0 atom stereocenters. The highest BCUT2D eigenvalue weighted by Gasteiger charge is 2.12. The molecule has 1 amide bonds. The van der Waals surface area contributed by atoms with Gasteiger partial charge in [0.25, 0.3) is 5.91 Å². The van der Waals surface area contributed by atoms with Crippen LogP contribution in [0.1, 0.15) is 38.9 Å². The van der Waals surface area contributed by atoms with E-state index in [0.29, 0.717) is 23.4 Å². The van der Waals surface area contributed by atoms with Gasteiger partial charge < -0.3 is 15.2 Å². The standard InChI is InChI=1S/C21H20N2O4/c1-3-26-21(25)15-7-5-14(6-8-15)12-27-19-11-18(20(22)24)23-17-10-13(2)4-9-16(17)19/h4-11H,3,12H2,1-2H3,(H2,22,24). The van der Waals surface area contributed by atoms with Crippen molar-refractivity contribution in [2.45, 2.75) is 20.5 Å². The van der Waals surface area contributed by atoms with E-state index in [1.165, 1.54) is 0 Å². The van der Waals surface area contributed by atoms with Crippen LogP contribution < -0.4 is 10.5 Å². The molecular weight excluding hydrogens is 344 g/mol. The number of aryl methyl sites for hydroxylation is 1. The number of amides is 1. The summed E-state index contributed by atoms with van der Waals surface area (Å²) in [5, 5.41) is 0.800. The van der Waals surface area contributed by atoms with Gasteiger partial charge in [-0.2, -0.15) is 0 Å². The van der Waals surface area contributed by atoms with E-state index in [0.717, 1.165) is 16.5 Å². The lowest BCUT2D eigenvalue weighted by Crippen LogP contribution is -2.13. The fraction of sp³-hybridized carbons (Fsp3) is 0.190. The number of carbonyl (C=O) groups excluding carboxylic acids is 2. The van der Waals surface area contributed by atoms with E-state index in [2.05, 4.69) is 4.98 Å². The summed E-state index contributed by atoms with van der Waals surface area (Å²) in [6, 6.07) is 14.3. The van der Waals surface area contributed by atoms with Crippen LogP contribution in [0, 0.1) is 6.92 Å². The van der Waals surface area contributed by atoms with Crippen molar-refractivity contribution in [2.75, 3.05) is 6.61 Å². The van der Waals surface area contributed by atoms with E-state index in [9.17, 15) is 9.59 Å². The van der Waals surface area contributed by atoms with Gasteiger partial charge in [0.15, 0.2) is 0 Å². The van der Waals surface area contributed by atoms with Gasteiger partial charge in [-0.15, -0.1) is 0 Å². The lowest BCUT2D eigenvalue weighted by Gasteiger charge is -2.11. The number of nitrogens with two attached hydrogens (primary N) is 1. The maximum Gasteiger partial charge on any atom is 0.338 e. The van der Waals surface area contributed by atoms with Gasteiger partial charge in [-0.05, 0) is 49.2 Å². The van der Waals surface area contributed by atoms with Crippen LogP contribution in [0.15, 0.2) is 48.5 Å². The minimum Gasteiger partial charge on any atom is -0.488 e. The molecule has 1 heterocycles. The Morgan fingerprint density at radius 3 is 2.48 bits per heavy atom. The number of pyridine rings is 1. The molecule has 6 heteroatoms. The van der Waals surface area contributed by atoms with Gasteiger partial charge in [0, 0.05) is 11.5 Å². The van der Waals surface area contributed by atoms with Gasteiger partial charge in [-0.25, -0.2) is 9.78 Å². The Kier molecular flexibility index (Phi) is 5.35. The van der Waals surface area contributed by atoms with Crippen molar-refractivity contribution in [3.8, 4) is 5.75 Å². The quantitative estimate of drug-likeness (QED) is 0.677. The van der Waals surface area contributed by atoms with Crippen LogP contribution in [0.5, 0.6) is 5.75 Å². The molecule has 0 radical (unpaired) electrons. The van der Waals surface area contributed by atoms with Crippen LogP contribution in [0.3, 0.4) is 0 Å². The molecule has 2 aromatic carbocycles. The van der Waals surface area contributed by atoms with E-state index < -0.39 is 5.91 Å².